The van der Waals surface area contributed by atoms with Crippen LogP contribution in [0.25, 0.3) is 11.8 Å². The first-order chi connectivity index (χ1) is 9.33. The molecule has 0 bridgehead atoms. The van der Waals surface area contributed by atoms with E-state index in [2.05, 4.69) is 42.6 Å². The van der Waals surface area contributed by atoms with Crippen LogP contribution >= 0.6 is 15.9 Å². The first-order valence-corrected chi connectivity index (χ1v) is 7.09. The molecule has 1 aromatic carbocycles. The lowest BCUT2D eigenvalue weighted by atomic mass is 10.3. The third kappa shape index (κ3) is 2.84. The predicted molar refractivity (Wildman–Crippen MR) is 76.7 cm³/mol. The van der Waals surface area contributed by atoms with Crippen molar-refractivity contribution in [3.8, 4) is 5.69 Å². The highest BCUT2D eigenvalue weighted by atomic mass is 79.9. The first-order valence-electron chi connectivity index (χ1n) is 6.29. The van der Waals surface area contributed by atoms with Crippen LogP contribution in [0.2, 0.25) is 0 Å². The molecule has 1 aromatic heterocycles. The Bertz CT molecular complexity index is 569. The Kier molecular flexibility index (Phi) is 3.59. The van der Waals surface area contributed by atoms with Crippen LogP contribution in [0.4, 0.5) is 0 Å². The van der Waals surface area contributed by atoms with Crippen LogP contribution in [0.1, 0.15) is 18.7 Å². The summed E-state index contributed by atoms with van der Waals surface area (Å²) in [4.78, 5) is 2.29. The minimum absolute atomic E-state index is 0.745. The Morgan fingerprint density at radius 1 is 1.11 bits per heavy atom. The number of aromatic nitrogens is 4. The van der Waals surface area contributed by atoms with E-state index in [1.807, 2.05) is 30.3 Å². The van der Waals surface area contributed by atoms with E-state index in [0.29, 0.717) is 0 Å². The molecule has 0 spiro atoms. The second kappa shape index (κ2) is 5.52. The van der Waals surface area contributed by atoms with Crippen molar-refractivity contribution in [1.82, 2.24) is 25.1 Å². The average Bonchev–Trinajstić information content (AvgIpc) is 3.08. The van der Waals surface area contributed by atoms with E-state index in [1.54, 1.807) is 4.68 Å². The Morgan fingerprint density at radius 2 is 1.84 bits per heavy atom. The molecule has 0 radical (unpaired) electrons. The van der Waals surface area contributed by atoms with Gasteiger partial charge in [-0.15, -0.1) is 5.10 Å². The lowest BCUT2D eigenvalue weighted by Crippen LogP contribution is -2.10. The standard InChI is InChI=1S/C13H14BrN5/c14-11-3-5-12(6-4-11)19-13(15-16-17-19)7-10-18-8-1-2-9-18/h3-7,10H,1-2,8-9H2. The number of likely N-dealkylation sites (tertiary alicyclic amines) is 1. The van der Waals surface area contributed by atoms with E-state index in [1.165, 1.54) is 12.8 Å². The molecule has 2 aromatic rings. The van der Waals surface area contributed by atoms with Gasteiger partial charge in [-0.2, -0.15) is 4.68 Å². The molecule has 1 saturated heterocycles. The molecule has 2 heterocycles. The quantitative estimate of drug-likeness (QED) is 0.872. The fourth-order valence-corrected chi connectivity index (χ4v) is 2.39. The Balaban J connectivity index is 1.83. The number of hydrogen-bond donors (Lipinski definition) is 0. The largest absolute Gasteiger partial charge is 0.377 e. The van der Waals surface area contributed by atoms with E-state index in [-0.39, 0.29) is 0 Å². The van der Waals surface area contributed by atoms with Gasteiger partial charge in [0.15, 0.2) is 5.82 Å². The van der Waals surface area contributed by atoms with Gasteiger partial charge in [-0.3, -0.25) is 0 Å². The van der Waals surface area contributed by atoms with Crippen LogP contribution < -0.4 is 0 Å². The summed E-state index contributed by atoms with van der Waals surface area (Å²) in [5.41, 5.74) is 0.953. The van der Waals surface area contributed by atoms with Gasteiger partial charge in [0.25, 0.3) is 0 Å². The number of rotatable bonds is 3. The van der Waals surface area contributed by atoms with Gasteiger partial charge < -0.3 is 4.90 Å². The number of halogens is 1. The Morgan fingerprint density at radius 3 is 2.58 bits per heavy atom. The highest BCUT2D eigenvalue weighted by Crippen LogP contribution is 2.15. The van der Waals surface area contributed by atoms with Crippen LogP contribution in [0.3, 0.4) is 0 Å². The second-order valence-corrected chi connectivity index (χ2v) is 5.40. The van der Waals surface area contributed by atoms with Crippen molar-refractivity contribution in [2.24, 2.45) is 0 Å². The molecular weight excluding hydrogens is 306 g/mol. The zero-order valence-electron chi connectivity index (χ0n) is 10.4. The third-order valence-electron chi connectivity index (χ3n) is 3.14. The van der Waals surface area contributed by atoms with Gasteiger partial charge in [0.05, 0.1) is 5.69 Å². The van der Waals surface area contributed by atoms with E-state index < -0.39 is 0 Å². The van der Waals surface area contributed by atoms with Crippen LogP contribution in [0.5, 0.6) is 0 Å². The minimum Gasteiger partial charge on any atom is -0.377 e. The lowest BCUT2D eigenvalue weighted by Gasteiger charge is -2.09. The van der Waals surface area contributed by atoms with Crippen molar-refractivity contribution >= 4 is 22.0 Å². The summed E-state index contributed by atoms with van der Waals surface area (Å²) in [6.45, 7) is 2.24. The highest BCUT2D eigenvalue weighted by Gasteiger charge is 2.08. The summed E-state index contributed by atoms with van der Waals surface area (Å²) < 4.78 is 2.78. The zero-order chi connectivity index (χ0) is 13.1. The van der Waals surface area contributed by atoms with E-state index in [4.69, 9.17) is 0 Å². The van der Waals surface area contributed by atoms with Crippen molar-refractivity contribution in [2.45, 2.75) is 12.8 Å². The van der Waals surface area contributed by atoms with E-state index >= 15 is 0 Å². The summed E-state index contributed by atoms with van der Waals surface area (Å²) in [6.07, 6.45) is 6.57. The molecule has 0 atom stereocenters. The maximum atomic E-state index is 4.05. The zero-order valence-corrected chi connectivity index (χ0v) is 12.0. The molecule has 5 nitrogen and oxygen atoms in total. The summed E-state index contributed by atoms with van der Waals surface area (Å²) in [5, 5.41) is 11.8. The Labute approximate surface area is 120 Å². The van der Waals surface area contributed by atoms with Gasteiger partial charge in [-0.1, -0.05) is 15.9 Å². The maximum absolute atomic E-state index is 4.05. The minimum atomic E-state index is 0.745. The number of nitrogens with zero attached hydrogens (tertiary/aromatic N) is 5. The van der Waals surface area contributed by atoms with E-state index in [9.17, 15) is 0 Å². The SMILES string of the molecule is Brc1ccc(-n2nnnc2C=CN2CCCC2)cc1. The molecule has 3 rings (SSSR count). The van der Waals surface area contributed by atoms with Crippen LogP contribution in [0, 0.1) is 0 Å². The van der Waals surface area contributed by atoms with E-state index in [0.717, 1.165) is 29.1 Å². The fourth-order valence-electron chi connectivity index (χ4n) is 2.13. The predicted octanol–water partition coefficient (Wildman–Crippen LogP) is 2.49. The molecule has 6 heteroatoms. The highest BCUT2D eigenvalue weighted by molar-refractivity contribution is 9.10. The first kappa shape index (κ1) is 12.3. The summed E-state index contributed by atoms with van der Waals surface area (Å²) >= 11 is 3.42. The monoisotopic (exact) mass is 319 g/mol. The topological polar surface area (TPSA) is 46.8 Å². The van der Waals surface area contributed by atoms with Gasteiger partial charge >= 0.3 is 0 Å². The number of hydrogen-bond acceptors (Lipinski definition) is 4. The smallest absolute Gasteiger partial charge is 0.181 e. The van der Waals surface area contributed by atoms with Gasteiger partial charge in [-0.25, -0.2) is 0 Å². The molecule has 98 valence electrons. The third-order valence-corrected chi connectivity index (χ3v) is 3.67. The fraction of sp³-hybridized carbons (Fsp3) is 0.308. The van der Waals surface area contributed by atoms with Crippen LogP contribution in [0.15, 0.2) is 34.9 Å². The molecular formula is C13H14BrN5. The molecule has 0 aliphatic carbocycles. The maximum Gasteiger partial charge on any atom is 0.181 e. The molecule has 1 fully saturated rings. The van der Waals surface area contributed by atoms with Crippen LogP contribution in [-0.2, 0) is 0 Å². The molecule has 0 saturated carbocycles. The van der Waals surface area contributed by atoms with Crippen molar-refractivity contribution in [1.29, 1.82) is 0 Å². The summed E-state index contributed by atoms with van der Waals surface area (Å²) in [5.74, 6) is 0.745. The van der Waals surface area contributed by atoms with Crippen molar-refractivity contribution in [3.05, 3.63) is 40.8 Å². The molecule has 1 aliphatic heterocycles. The molecule has 0 unspecified atom stereocenters. The molecule has 0 amide bonds. The second-order valence-electron chi connectivity index (χ2n) is 4.48. The van der Waals surface area contributed by atoms with Gasteiger partial charge in [-0.05, 0) is 47.5 Å². The average molecular weight is 320 g/mol. The van der Waals surface area contributed by atoms with Gasteiger partial charge in [0.1, 0.15) is 0 Å². The van der Waals surface area contributed by atoms with Crippen molar-refractivity contribution in [3.63, 3.8) is 0 Å². The summed E-state index contributed by atoms with van der Waals surface area (Å²) in [6, 6.07) is 7.91. The molecule has 1 aliphatic rings. The van der Waals surface area contributed by atoms with Crippen molar-refractivity contribution < 1.29 is 0 Å². The normalized spacial score (nSPS) is 15.5. The lowest BCUT2D eigenvalue weighted by molar-refractivity contribution is 0.470. The van der Waals surface area contributed by atoms with Gasteiger partial charge in [0.2, 0.25) is 0 Å². The Hall–Kier alpha value is -1.69. The molecule has 19 heavy (non-hydrogen) atoms. The molecule has 0 N–H and O–H groups in total. The van der Waals surface area contributed by atoms with Gasteiger partial charge in [0, 0.05) is 29.8 Å². The van der Waals surface area contributed by atoms with Crippen molar-refractivity contribution in [2.75, 3.05) is 13.1 Å². The summed E-state index contributed by atoms with van der Waals surface area (Å²) in [7, 11) is 0. The number of benzene rings is 1. The van der Waals surface area contributed by atoms with Crippen LogP contribution in [-0.4, -0.2) is 38.2 Å². The number of tetrazole rings is 1.